The van der Waals surface area contributed by atoms with Crippen molar-refractivity contribution in [2.45, 2.75) is 45.4 Å². The SMILES string of the molecule is C=C(O)C(C)(C)C(=O)NCC1=CC(C)C(C(=O)NCNCCSCc2cc3nc(c2)Nc2cc(c(F)cn2)-c2ccc(F)cc2OCCC3)N1. The highest BCUT2D eigenvalue weighted by atomic mass is 32.2. The van der Waals surface area contributed by atoms with E-state index in [1.807, 2.05) is 19.1 Å². The Morgan fingerprint density at radius 3 is 2.76 bits per heavy atom. The van der Waals surface area contributed by atoms with Crippen LogP contribution >= 0.6 is 11.8 Å². The number of ether oxygens (including phenoxy) is 1. The maximum absolute atomic E-state index is 14.9. The van der Waals surface area contributed by atoms with Gasteiger partial charge in [0.15, 0.2) is 0 Å². The molecular weight excluding hydrogens is 665 g/mol. The summed E-state index contributed by atoms with van der Waals surface area (Å²) in [6.07, 6.45) is 4.31. The number of hydrogen-bond donors (Lipinski definition) is 6. The van der Waals surface area contributed by atoms with Gasteiger partial charge in [0, 0.05) is 52.6 Å². The number of pyridine rings is 2. The molecule has 0 saturated carbocycles. The van der Waals surface area contributed by atoms with Gasteiger partial charge in [0.05, 0.1) is 31.4 Å². The molecule has 2 aromatic heterocycles. The molecule has 2 atom stereocenters. The van der Waals surface area contributed by atoms with Crippen LogP contribution < -0.4 is 31.3 Å². The number of benzene rings is 1. The van der Waals surface area contributed by atoms with Gasteiger partial charge in [-0.15, -0.1) is 0 Å². The number of nitrogens with one attached hydrogen (secondary N) is 5. The lowest BCUT2D eigenvalue weighted by atomic mass is 9.90. The minimum absolute atomic E-state index is 0.0653. The van der Waals surface area contributed by atoms with Crippen molar-refractivity contribution >= 4 is 35.2 Å². The van der Waals surface area contributed by atoms with E-state index >= 15 is 0 Å². The molecule has 4 bridgehead atoms. The van der Waals surface area contributed by atoms with Gasteiger partial charge in [0.1, 0.15) is 40.8 Å². The number of carbonyl (C=O) groups is 2. The van der Waals surface area contributed by atoms with Crippen molar-refractivity contribution in [2.75, 3.05) is 37.4 Å². The summed E-state index contributed by atoms with van der Waals surface area (Å²) in [6.45, 7) is 10.1. The van der Waals surface area contributed by atoms with E-state index in [1.165, 1.54) is 18.2 Å². The summed E-state index contributed by atoms with van der Waals surface area (Å²) in [5.41, 5.74) is 2.25. The van der Waals surface area contributed by atoms with Crippen molar-refractivity contribution in [2.24, 2.45) is 11.3 Å². The molecule has 2 aliphatic heterocycles. The van der Waals surface area contributed by atoms with E-state index < -0.39 is 23.1 Å². The molecule has 0 saturated heterocycles. The average molecular weight is 708 g/mol. The molecule has 11 nitrogen and oxygen atoms in total. The van der Waals surface area contributed by atoms with Crippen molar-refractivity contribution in [1.82, 2.24) is 31.2 Å². The number of halogens is 2. The van der Waals surface area contributed by atoms with E-state index in [0.717, 1.165) is 34.7 Å². The Morgan fingerprint density at radius 2 is 1.96 bits per heavy atom. The molecule has 2 aliphatic rings. The third-order valence-electron chi connectivity index (χ3n) is 8.54. The van der Waals surface area contributed by atoms with E-state index in [2.05, 4.69) is 44.2 Å². The van der Waals surface area contributed by atoms with Gasteiger partial charge in [-0.05, 0) is 62.6 Å². The molecule has 266 valence electrons. The molecule has 14 heteroatoms. The monoisotopic (exact) mass is 707 g/mol. The first-order valence-corrected chi connectivity index (χ1v) is 17.6. The highest BCUT2D eigenvalue weighted by Crippen LogP contribution is 2.34. The summed E-state index contributed by atoms with van der Waals surface area (Å²) < 4.78 is 34.8. The van der Waals surface area contributed by atoms with Gasteiger partial charge in [-0.25, -0.2) is 18.7 Å². The molecule has 5 rings (SSSR count). The van der Waals surface area contributed by atoms with Crippen molar-refractivity contribution in [1.29, 1.82) is 0 Å². The average Bonchev–Trinajstić information content (AvgIpc) is 3.46. The quantitative estimate of drug-likeness (QED) is 0.0854. The van der Waals surface area contributed by atoms with Crippen LogP contribution in [0.3, 0.4) is 0 Å². The van der Waals surface area contributed by atoms with Crippen LogP contribution in [0.2, 0.25) is 0 Å². The maximum Gasteiger partial charge on any atom is 0.244 e. The zero-order valence-electron chi connectivity index (χ0n) is 28.4. The molecular formula is C36H43F2N7O4S. The second-order valence-electron chi connectivity index (χ2n) is 12.8. The number of hydrogen-bond acceptors (Lipinski definition) is 10. The molecule has 6 N–H and O–H groups in total. The Kier molecular flexibility index (Phi) is 12.0. The summed E-state index contributed by atoms with van der Waals surface area (Å²) >= 11 is 1.73. The standard InChI is InChI=1S/C36H43F2N7O4S/c1-21-12-26(17-41-35(48)36(3,4)22(2)46)44-33(21)34(47)42-20-39-9-11-50-19-23-13-25-6-5-10-49-30-15-24(37)7-8-27(30)28-16-31(40-18-29(28)38)45-32(14-23)43-25/h7-8,12-16,18,21,33,39,44,46H,2,5-6,9-11,17,19-20H2,1,3-4H3,(H,41,48)(H,42,47)(H,40,43,45). The van der Waals surface area contributed by atoms with E-state index in [1.54, 1.807) is 31.7 Å². The van der Waals surface area contributed by atoms with E-state index in [9.17, 15) is 23.5 Å². The van der Waals surface area contributed by atoms with Crippen LogP contribution in [0, 0.1) is 23.0 Å². The van der Waals surface area contributed by atoms with Gasteiger partial charge < -0.3 is 31.1 Å². The van der Waals surface area contributed by atoms with Crippen molar-refractivity contribution in [3.05, 3.63) is 89.6 Å². The van der Waals surface area contributed by atoms with Gasteiger partial charge in [-0.1, -0.05) is 19.6 Å². The minimum atomic E-state index is -1.11. The van der Waals surface area contributed by atoms with Gasteiger partial charge in [-0.2, -0.15) is 11.8 Å². The molecule has 3 aromatic rings. The summed E-state index contributed by atoms with van der Waals surface area (Å²) in [6, 6.07) is 9.17. The number of anilines is 2. The Balaban J connectivity index is 1.07. The second-order valence-corrected chi connectivity index (χ2v) is 13.9. The first-order valence-electron chi connectivity index (χ1n) is 16.5. The van der Waals surface area contributed by atoms with Gasteiger partial charge in [0.2, 0.25) is 11.8 Å². The number of aromatic nitrogens is 2. The molecule has 50 heavy (non-hydrogen) atoms. The maximum atomic E-state index is 14.9. The number of aliphatic hydroxyl groups excluding tert-OH is 1. The minimum Gasteiger partial charge on any atom is -0.512 e. The molecule has 0 aliphatic carbocycles. The Morgan fingerprint density at radius 1 is 1.14 bits per heavy atom. The largest absolute Gasteiger partial charge is 0.512 e. The van der Waals surface area contributed by atoms with Gasteiger partial charge in [-0.3, -0.25) is 14.9 Å². The summed E-state index contributed by atoms with van der Waals surface area (Å²) in [5, 5.41) is 25.0. The Bertz CT molecular complexity index is 1770. The molecule has 0 radical (unpaired) electrons. The van der Waals surface area contributed by atoms with Crippen molar-refractivity contribution in [3.63, 3.8) is 0 Å². The van der Waals surface area contributed by atoms with Crippen LogP contribution in [0.1, 0.15) is 38.4 Å². The van der Waals surface area contributed by atoms with Crippen LogP contribution in [-0.2, 0) is 21.8 Å². The third kappa shape index (κ3) is 9.30. The van der Waals surface area contributed by atoms with Crippen LogP contribution in [0.15, 0.2) is 66.7 Å². The second kappa shape index (κ2) is 16.3. The van der Waals surface area contributed by atoms with E-state index in [-0.39, 0.29) is 41.3 Å². The molecule has 0 fully saturated rings. The van der Waals surface area contributed by atoms with Crippen molar-refractivity contribution < 1.29 is 28.2 Å². The number of amides is 2. The lowest BCUT2D eigenvalue weighted by Gasteiger charge is -2.22. The zero-order chi connectivity index (χ0) is 35.8. The number of aliphatic hydroxyl groups is 1. The molecule has 1 aromatic carbocycles. The number of fused-ring (bicyclic) bond motifs is 6. The van der Waals surface area contributed by atoms with Gasteiger partial charge >= 0.3 is 0 Å². The van der Waals surface area contributed by atoms with Crippen LogP contribution in [0.25, 0.3) is 11.1 Å². The fraction of sp³-hybridized carbons (Fsp3) is 0.389. The van der Waals surface area contributed by atoms with Crippen LogP contribution in [0.5, 0.6) is 5.75 Å². The first-order chi connectivity index (χ1) is 23.9. The van der Waals surface area contributed by atoms with Gasteiger partial charge in [0.25, 0.3) is 0 Å². The normalized spacial score (nSPS) is 16.9. The fourth-order valence-electron chi connectivity index (χ4n) is 5.46. The lowest BCUT2D eigenvalue weighted by molar-refractivity contribution is -0.128. The third-order valence-corrected chi connectivity index (χ3v) is 9.57. The molecule has 4 heterocycles. The molecule has 0 spiro atoms. The zero-order valence-corrected chi connectivity index (χ0v) is 29.2. The number of rotatable bonds is 12. The summed E-state index contributed by atoms with van der Waals surface area (Å²) in [5.74, 6) is 0.996. The molecule has 2 unspecified atom stereocenters. The number of thioether (sulfide) groups is 1. The summed E-state index contributed by atoms with van der Waals surface area (Å²) in [7, 11) is 0. The highest BCUT2D eigenvalue weighted by molar-refractivity contribution is 7.98. The Hall–Kier alpha value is -4.69. The van der Waals surface area contributed by atoms with Crippen LogP contribution in [0.4, 0.5) is 20.4 Å². The molecule has 2 amide bonds. The predicted molar refractivity (Wildman–Crippen MR) is 191 cm³/mol. The lowest BCUT2D eigenvalue weighted by Crippen LogP contribution is -2.48. The smallest absolute Gasteiger partial charge is 0.244 e. The number of aryl methyl sites for hydroxylation is 1. The number of nitrogens with zero attached hydrogens (tertiary/aromatic N) is 2. The van der Waals surface area contributed by atoms with E-state index in [4.69, 9.17) is 9.72 Å². The van der Waals surface area contributed by atoms with Crippen LogP contribution in [-0.4, -0.2) is 65.0 Å². The highest BCUT2D eigenvalue weighted by Gasteiger charge is 2.33. The topological polar surface area (TPSA) is 150 Å². The summed E-state index contributed by atoms with van der Waals surface area (Å²) in [4.78, 5) is 34.1. The predicted octanol–water partition coefficient (Wildman–Crippen LogP) is 5.09. The van der Waals surface area contributed by atoms with E-state index in [0.29, 0.717) is 49.9 Å². The Labute approximate surface area is 294 Å². The number of carbonyl (C=O) groups excluding carboxylic acids is 2. The van der Waals surface area contributed by atoms with Crippen molar-refractivity contribution in [3.8, 4) is 16.9 Å². The first kappa shape index (κ1) is 36.6. The fourth-order valence-corrected chi connectivity index (χ4v) is 6.30.